The molecule has 8 heteroatoms. The number of fused-ring (bicyclic) bond motifs is 1. The second kappa shape index (κ2) is 7.89. The van der Waals surface area contributed by atoms with Crippen molar-refractivity contribution < 1.29 is 19.1 Å². The third kappa shape index (κ3) is 4.18. The molecule has 0 aromatic heterocycles. The van der Waals surface area contributed by atoms with Gasteiger partial charge in [0.25, 0.3) is 5.91 Å². The Bertz CT molecular complexity index is 930. The van der Waals surface area contributed by atoms with Crippen molar-refractivity contribution in [3.63, 3.8) is 0 Å². The van der Waals surface area contributed by atoms with Crippen LogP contribution in [0.3, 0.4) is 0 Å². The maximum Gasteiger partial charge on any atom is 0.270 e. The third-order valence-electron chi connectivity index (χ3n) is 4.34. The number of benzene rings is 2. The number of halogens is 2. The Kier molecular flexibility index (Phi) is 5.72. The fraction of sp³-hybridized carbons (Fsp3) is 0.300. The minimum Gasteiger partial charge on any atom is -0.495 e. The summed E-state index contributed by atoms with van der Waals surface area (Å²) in [6.07, 6.45) is 0.0947. The first-order chi connectivity index (χ1) is 13.2. The summed E-state index contributed by atoms with van der Waals surface area (Å²) in [6.45, 7) is 3.58. The van der Waals surface area contributed by atoms with E-state index in [1.165, 1.54) is 12.0 Å². The van der Waals surface area contributed by atoms with Gasteiger partial charge in [-0.2, -0.15) is 0 Å². The number of carbonyl (C=O) groups is 2. The summed E-state index contributed by atoms with van der Waals surface area (Å²) >= 11 is 12.2. The fourth-order valence-electron chi connectivity index (χ4n) is 2.94. The predicted molar refractivity (Wildman–Crippen MR) is 110 cm³/mol. The van der Waals surface area contributed by atoms with Gasteiger partial charge in [0.2, 0.25) is 5.91 Å². The zero-order valence-corrected chi connectivity index (χ0v) is 17.2. The molecule has 0 saturated carbocycles. The maximum absolute atomic E-state index is 12.8. The van der Waals surface area contributed by atoms with Crippen LogP contribution >= 0.6 is 23.2 Å². The van der Waals surface area contributed by atoms with Gasteiger partial charge >= 0.3 is 0 Å². The number of hydrogen-bond donors (Lipinski definition) is 1. The summed E-state index contributed by atoms with van der Waals surface area (Å²) in [7, 11) is 1.52. The van der Waals surface area contributed by atoms with Crippen LogP contribution in [0, 0.1) is 0 Å². The Hall–Kier alpha value is -2.44. The number of methoxy groups -OCH3 is 1. The lowest BCUT2D eigenvalue weighted by molar-refractivity contribution is -0.132. The van der Waals surface area contributed by atoms with Crippen molar-refractivity contribution in [2.24, 2.45) is 0 Å². The maximum atomic E-state index is 12.8. The number of nitrogens with one attached hydrogen (secondary N) is 1. The minimum atomic E-state index is -1.03. The van der Waals surface area contributed by atoms with Crippen molar-refractivity contribution in [2.45, 2.75) is 25.9 Å². The standard InChI is InChI=1S/C20H20Cl2N2O4/c1-20(2)19(26)24(15-10-12(21)4-6-17(15)28-20)9-8-18(25)23-13-5-7-16(27-3)14(22)11-13/h4-7,10-11H,8-9H2,1-3H3,(H,23,25). The molecule has 0 spiro atoms. The van der Waals surface area contributed by atoms with E-state index in [-0.39, 0.29) is 24.8 Å². The normalized spacial score (nSPS) is 14.9. The van der Waals surface area contributed by atoms with Crippen molar-refractivity contribution >= 4 is 46.4 Å². The van der Waals surface area contributed by atoms with Crippen LogP contribution in [0.4, 0.5) is 11.4 Å². The SMILES string of the molecule is COc1ccc(NC(=O)CCN2C(=O)C(C)(C)Oc3ccc(Cl)cc32)cc1Cl. The highest BCUT2D eigenvalue weighted by atomic mass is 35.5. The Balaban J connectivity index is 1.72. The van der Waals surface area contributed by atoms with Crippen molar-refractivity contribution in [1.29, 1.82) is 0 Å². The summed E-state index contributed by atoms with van der Waals surface area (Å²) in [5.74, 6) is 0.593. The van der Waals surface area contributed by atoms with Gasteiger partial charge in [-0.3, -0.25) is 9.59 Å². The Morgan fingerprint density at radius 3 is 2.64 bits per heavy atom. The van der Waals surface area contributed by atoms with E-state index in [9.17, 15) is 9.59 Å². The van der Waals surface area contributed by atoms with Crippen LogP contribution in [0.25, 0.3) is 0 Å². The Morgan fingerprint density at radius 2 is 1.96 bits per heavy atom. The van der Waals surface area contributed by atoms with E-state index in [1.807, 2.05) is 0 Å². The monoisotopic (exact) mass is 422 g/mol. The number of carbonyl (C=O) groups excluding carboxylic acids is 2. The van der Waals surface area contributed by atoms with Crippen molar-refractivity contribution in [3.8, 4) is 11.5 Å². The average molecular weight is 423 g/mol. The van der Waals surface area contributed by atoms with Crippen LogP contribution in [0.5, 0.6) is 11.5 Å². The molecule has 0 atom stereocenters. The summed E-state index contributed by atoms with van der Waals surface area (Å²) in [6, 6.07) is 10.1. The highest BCUT2D eigenvalue weighted by molar-refractivity contribution is 6.32. The van der Waals surface area contributed by atoms with E-state index in [2.05, 4.69) is 5.32 Å². The van der Waals surface area contributed by atoms with Crippen LogP contribution in [0.1, 0.15) is 20.3 Å². The first kappa shape index (κ1) is 20.3. The van der Waals surface area contributed by atoms with E-state index in [1.54, 1.807) is 50.2 Å². The summed E-state index contributed by atoms with van der Waals surface area (Å²) in [4.78, 5) is 26.7. The molecule has 0 unspecified atom stereocenters. The van der Waals surface area contributed by atoms with E-state index in [0.717, 1.165) is 0 Å². The van der Waals surface area contributed by atoms with Gasteiger partial charge in [-0.15, -0.1) is 0 Å². The van der Waals surface area contributed by atoms with Crippen LogP contribution in [-0.2, 0) is 9.59 Å². The minimum absolute atomic E-state index is 0.0947. The first-order valence-corrected chi connectivity index (χ1v) is 9.41. The van der Waals surface area contributed by atoms with Crippen molar-refractivity contribution in [2.75, 3.05) is 23.9 Å². The quantitative estimate of drug-likeness (QED) is 0.767. The predicted octanol–water partition coefficient (Wildman–Crippen LogP) is 4.53. The molecule has 1 aliphatic rings. The molecule has 1 aliphatic heterocycles. The lowest BCUT2D eigenvalue weighted by Crippen LogP contribution is -2.53. The van der Waals surface area contributed by atoms with Crippen molar-refractivity contribution in [1.82, 2.24) is 0 Å². The zero-order chi connectivity index (χ0) is 20.5. The molecule has 1 N–H and O–H groups in total. The van der Waals surface area contributed by atoms with Crippen LogP contribution in [0.2, 0.25) is 10.0 Å². The molecule has 0 saturated heterocycles. The Morgan fingerprint density at radius 1 is 1.21 bits per heavy atom. The highest BCUT2D eigenvalue weighted by Gasteiger charge is 2.40. The summed E-state index contributed by atoms with van der Waals surface area (Å²) in [5.41, 5.74) is 0.0749. The van der Waals surface area contributed by atoms with Gasteiger partial charge in [0.15, 0.2) is 5.60 Å². The van der Waals surface area contributed by atoms with Gasteiger partial charge in [-0.25, -0.2) is 0 Å². The largest absolute Gasteiger partial charge is 0.495 e. The van der Waals surface area contributed by atoms with Crippen LogP contribution in [0.15, 0.2) is 36.4 Å². The molecular weight excluding hydrogens is 403 g/mol. The van der Waals surface area contributed by atoms with E-state index < -0.39 is 5.60 Å². The lowest BCUT2D eigenvalue weighted by atomic mass is 10.0. The number of hydrogen-bond acceptors (Lipinski definition) is 4. The van der Waals surface area contributed by atoms with E-state index in [0.29, 0.717) is 32.9 Å². The van der Waals surface area contributed by atoms with Gasteiger partial charge in [-0.1, -0.05) is 23.2 Å². The number of anilines is 2. The molecule has 0 radical (unpaired) electrons. The molecule has 6 nitrogen and oxygen atoms in total. The molecule has 0 aliphatic carbocycles. The first-order valence-electron chi connectivity index (χ1n) is 8.65. The molecule has 28 heavy (non-hydrogen) atoms. The molecule has 1 heterocycles. The second-order valence-electron chi connectivity index (χ2n) is 6.83. The van der Waals surface area contributed by atoms with E-state index >= 15 is 0 Å². The van der Waals surface area contributed by atoms with Gasteiger partial charge < -0.3 is 19.7 Å². The van der Waals surface area contributed by atoms with Gasteiger partial charge in [0.1, 0.15) is 11.5 Å². The molecule has 0 fully saturated rings. The number of amides is 2. The molecule has 0 bridgehead atoms. The summed E-state index contributed by atoms with van der Waals surface area (Å²) < 4.78 is 10.9. The summed E-state index contributed by atoms with van der Waals surface area (Å²) in [5, 5.41) is 3.65. The average Bonchev–Trinajstić information content (AvgIpc) is 2.63. The molecule has 2 amide bonds. The second-order valence-corrected chi connectivity index (χ2v) is 7.67. The molecule has 2 aromatic rings. The molecule has 148 valence electrons. The lowest BCUT2D eigenvalue weighted by Gasteiger charge is -2.38. The topological polar surface area (TPSA) is 67.9 Å². The fourth-order valence-corrected chi connectivity index (χ4v) is 3.37. The third-order valence-corrected chi connectivity index (χ3v) is 4.87. The number of rotatable bonds is 5. The highest BCUT2D eigenvalue weighted by Crippen LogP contribution is 2.39. The van der Waals surface area contributed by atoms with E-state index in [4.69, 9.17) is 32.7 Å². The number of ether oxygens (including phenoxy) is 2. The van der Waals surface area contributed by atoms with Crippen LogP contribution < -0.4 is 19.7 Å². The zero-order valence-electron chi connectivity index (χ0n) is 15.7. The smallest absolute Gasteiger partial charge is 0.270 e. The van der Waals surface area contributed by atoms with Crippen LogP contribution in [-0.4, -0.2) is 31.1 Å². The van der Waals surface area contributed by atoms with Gasteiger partial charge in [0, 0.05) is 23.7 Å². The van der Waals surface area contributed by atoms with Gasteiger partial charge in [-0.05, 0) is 50.2 Å². The number of nitrogens with zero attached hydrogens (tertiary/aromatic N) is 1. The molecular formula is C20H20Cl2N2O4. The van der Waals surface area contributed by atoms with Gasteiger partial charge in [0.05, 0.1) is 17.8 Å². The molecule has 3 rings (SSSR count). The van der Waals surface area contributed by atoms with Crippen molar-refractivity contribution in [3.05, 3.63) is 46.4 Å². The molecule has 2 aromatic carbocycles. The Labute approximate surface area is 173 Å².